The minimum atomic E-state index is -4.28. The Morgan fingerprint density at radius 3 is 1.30 bits per heavy atom. The molecule has 0 spiro atoms. The summed E-state index contributed by atoms with van der Waals surface area (Å²) in [5, 5.41) is 25.7. The number of carbonyl (C=O) groups excluding carboxylic acids is 6. The van der Waals surface area contributed by atoms with Crippen LogP contribution in [0.2, 0.25) is 15.3 Å². The molecule has 778 valence electrons. The number of imidazole rings is 6. The molecule has 6 saturated carbocycles. The second-order valence-electron chi connectivity index (χ2n) is 42.3. The first-order valence-electron chi connectivity index (χ1n) is 50.5. The zero-order valence-corrected chi connectivity index (χ0v) is 88.5. The van der Waals surface area contributed by atoms with Gasteiger partial charge in [-0.15, -0.1) is 11.3 Å². The summed E-state index contributed by atoms with van der Waals surface area (Å²) in [5.74, 6) is 2.27. The number of pyridine rings is 6. The molecule has 1 aromatic carbocycles. The highest BCUT2D eigenvalue weighted by Gasteiger charge is 2.37. The second kappa shape index (κ2) is 45.9. The van der Waals surface area contributed by atoms with E-state index in [1.54, 1.807) is 53.3 Å². The summed E-state index contributed by atoms with van der Waals surface area (Å²) >= 11 is 19.6. The van der Waals surface area contributed by atoms with E-state index in [1.807, 2.05) is 150 Å². The Hall–Kier alpha value is -12.8. The van der Waals surface area contributed by atoms with Gasteiger partial charge in [0.2, 0.25) is 77.0 Å². The van der Waals surface area contributed by atoms with Gasteiger partial charge in [0.1, 0.15) is 49.1 Å². The number of carbonyl (C=O) groups is 6. The zero-order valence-electron chi connectivity index (χ0n) is 85.4. The summed E-state index contributed by atoms with van der Waals surface area (Å²) in [5.41, 5.74) is 14.4. The number of fused-ring (bicyclic) bond motifs is 6. The van der Waals surface area contributed by atoms with Crippen molar-refractivity contribution in [3.05, 3.63) is 169 Å². The molecule has 0 radical (unpaired) electrons. The van der Waals surface area contributed by atoms with Crippen LogP contribution in [-0.2, 0) is 41.6 Å². The van der Waals surface area contributed by atoms with Crippen LogP contribution in [0.15, 0.2) is 113 Å². The van der Waals surface area contributed by atoms with E-state index in [2.05, 4.69) is 136 Å². The van der Waals surface area contributed by atoms with Crippen molar-refractivity contribution in [1.29, 1.82) is 0 Å². The molecule has 147 heavy (non-hydrogen) atoms. The maximum atomic E-state index is 13.9. The normalized spacial score (nSPS) is 16.8. The van der Waals surface area contributed by atoms with E-state index < -0.39 is 30.1 Å². The number of alkyl halides is 4. The molecule has 6 amide bonds. The van der Waals surface area contributed by atoms with Crippen molar-refractivity contribution in [3.8, 4) is 5.88 Å². The standard InChI is InChI=1S/C20H21ClN4O.C19H24ClFN4O.C17H21N5O2.C17H19N5OS.C17H24N4O.C16H18ClF3N4O/c1-12-8-17-19(22-11-12)25(16-4-3-5-16)20(23-17)24-18(26)10-14-9-15(21)7-6-13(14)2;1-19(21)9-7-12(8-10-19)11-16(26)24-18-22-14-5-6-15(20)23-17(14)25(18)13-3-2-4-13;1-10-6-7-12-15(18-10)22(14-8-11(2)21-24-14)16(19-12)20-13(23)9-17(3,4)5;1-11-5-6-13-16(19-11)22(12-3-2-4-12)17(20-13)21-14(23)7-8-15-18-9-10-24-15;1-11-8-9-13-15(18-11)21(12-6-5-7-12)16(19-13)20-14(22)10-17(2,3)4;1-9(8-16(18,19)20)7-13(25)23-15-21-11-5-6-12(17)22-14(11)24(15)10-3-2-4-10/h6-9,11,16H,3-5,10H2,1-2H3,(H,23,24,26);5-6,12-13H,2-4,7-11H2,1H3,(H,22,24,26);6-8H,9H2,1-5H3,(H,19,20,23);5-6,9-10,12H,2-4,7-8H2,1H3,(H,20,21,23);8-9,12H,5-7,10H2,1-4H3,(H,19,20,22);5-6,9-10H,2-4,7-8H2,1H3,(H,21,23,25). The lowest BCUT2D eigenvalue weighted by atomic mass is 9.79. The number of aromatic nitrogens is 20. The summed E-state index contributed by atoms with van der Waals surface area (Å²) in [6.45, 7) is 27.0. The number of nitrogens with zero attached hydrogens (tertiary/aromatic N) is 20. The lowest BCUT2D eigenvalue weighted by molar-refractivity contribution is -0.145. The number of aryl methyl sites for hydroxylation is 7. The molecule has 6 N–H and O–H groups in total. The molecule has 14 heterocycles. The smallest absolute Gasteiger partial charge is 0.338 e. The highest BCUT2D eigenvalue weighted by atomic mass is 35.5. The van der Waals surface area contributed by atoms with Gasteiger partial charge in [-0.2, -0.15) is 13.2 Å². The average molecular weight is 2090 g/mol. The highest BCUT2D eigenvalue weighted by molar-refractivity contribution is 7.09. The molecule has 6 aliphatic carbocycles. The Balaban J connectivity index is 0.000000126. The van der Waals surface area contributed by atoms with Gasteiger partial charge in [0.05, 0.1) is 17.1 Å². The van der Waals surface area contributed by atoms with Gasteiger partial charge in [-0.1, -0.05) is 94.5 Å². The van der Waals surface area contributed by atoms with E-state index in [9.17, 15) is 46.3 Å². The van der Waals surface area contributed by atoms with Crippen molar-refractivity contribution in [2.45, 2.75) is 312 Å². The fraction of sp³-hybridized carbons (Fsp3) is 0.491. The number of rotatable bonds is 24. The lowest BCUT2D eigenvalue weighted by Crippen LogP contribution is -2.29. The molecule has 33 nitrogen and oxygen atoms in total. The summed E-state index contributed by atoms with van der Waals surface area (Å²) in [7, 11) is 0. The predicted octanol–water partition coefficient (Wildman–Crippen LogP) is 25.1. The zero-order chi connectivity index (χ0) is 105. The van der Waals surface area contributed by atoms with Crippen LogP contribution in [0, 0.1) is 64.2 Å². The predicted molar refractivity (Wildman–Crippen MR) is 566 cm³/mol. The molecule has 0 saturated heterocycles. The van der Waals surface area contributed by atoms with Crippen LogP contribution in [0.25, 0.3) is 72.9 Å². The van der Waals surface area contributed by atoms with Crippen molar-refractivity contribution in [1.82, 2.24) is 97.4 Å². The second-order valence-corrected chi connectivity index (χ2v) is 44.5. The minimum Gasteiger partial charge on any atom is -0.338 e. The van der Waals surface area contributed by atoms with E-state index in [0.717, 1.165) is 173 Å². The molecule has 14 aromatic heterocycles. The van der Waals surface area contributed by atoms with Gasteiger partial charge in [-0.25, -0.2) is 73.7 Å². The monoisotopic (exact) mass is 2090 g/mol. The molecule has 21 rings (SSSR count). The fourth-order valence-electron chi connectivity index (χ4n) is 18.5. The summed E-state index contributed by atoms with van der Waals surface area (Å²) in [4.78, 5) is 133. The third-order valence-corrected chi connectivity index (χ3v) is 28.5. The van der Waals surface area contributed by atoms with Crippen molar-refractivity contribution in [2.24, 2.45) is 22.7 Å². The Morgan fingerprint density at radius 1 is 0.456 bits per heavy atom. The van der Waals surface area contributed by atoms with Crippen molar-refractivity contribution in [2.75, 3.05) is 31.9 Å². The van der Waals surface area contributed by atoms with Crippen LogP contribution in [0.3, 0.4) is 0 Å². The third kappa shape index (κ3) is 27.6. The summed E-state index contributed by atoms with van der Waals surface area (Å²) in [6, 6.07) is 29.5. The van der Waals surface area contributed by atoms with Gasteiger partial charge in [-0.3, -0.25) is 83.5 Å². The molecule has 15 aromatic rings. The summed E-state index contributed by atoms with van der Waals surface area (Å²) < 4.78 is 68.4. The van der Waals surface area contributed by atoms with E-state index >= 15 is 0 Å². The number of thiazole rings is 1. The Labute approximate surface area is 868 Å². The van der Waals surface area contributed by atoms with Crippen molar-refractivity contribution in [3.63, 3.8) is 0 Å². The molecule has 1 atom stereocenters. The quantitative estimate of drug-likeness (QED) is 0.0242. The van der Waals surface area contributed by atoms with E-state index in [-0.39, 0.29) is 65.2 Å². The molecule has 6 fully saturated rings. The fourth-order valence-corrected chi connectivity index (χ4v) is 19.6. The average Bonchev–Trinajstić information content (AvgIpc) is 1.65. The van der Waals surface area contributed by atoms with Gasteiger partial charge in [0.25, 0.3) is 0 Å². The Morgan fingerprint density at radius 2 is 0.864 bits per heavy atom. The van der Waals surface area contributed by atoms with E-state index in [4.69, 9.17) is 39.3 Å². The van der Waals surface area contributed by atoms with Gasteiger partial charge in [0.15, 0.2) is 33.9 Å². The SMILES string of the molecule is CC(CC(=O)Nc1nc2ccc(Cl)nc2n1C1CCC1)CC(F)(F)F.CC1(F)CCC(CC(=O)Nc2nc3ccc(Cl)nc3n2C2CCC2)CC1.Cc1cc(-n2c(NC(=O)CC(C)(C)C)nc3ccc(C)nc32)on1.Cc1ccc2nc(NC(=O)CC(C)(C)C)n(C3CCC3)c2n1.Cc1ccc2nc(NC(=O)CCc3nccs3)n(C3CCC3)c2n1.Cc1cnc2c(c1)nc(NC(=O)Cc1cc(Cl)ccc1C)n2C1CCC1. The number of benzene rings is 1. The van der Waals surface area contributed by atoms with Crippen LogP contribution in [0.4, 0.5) is 53.3 Å². The number of amides is 6. The molecule has 0 aliphatic heterocycles. The molecular formula is C106H127Cl3F4N26O7S. The molecular weight excluding hydrogens is 1960 g/mol. The molecule has 1 unspecified atom stereocenters. The first-order valence-corrected chi connectivity index (χ1v) is 52.6. The van der Waals surface area contributed by atoms with Crippen LogP contribution < -0.4 is 31.9 Å². The number of anilines is 6. The first-order chi connectivity index (χ1) is 69.9. The lowest BCUT2D eigenvalue weighted by Gasteiger charge is -2.31. The number of nitrogens with one attached hydrogen (secondary N) is 6. The van der Waals surface area contributed by atoms with Crippen LogP contribution in [0.1, 0.15) is 291 Å². The van der Waals surface area contributed by atoms with Gasteiger partial charge in [-0.05, 0) is 289 Å². The maximum absolute atomic E-state index is 13.9. The van der Waals surface area contributed by atoms with E-state index in [1.165, 1.54) is 32.6 Å². The topological polar surface area (TPSA) is 398 Å². The van der Waals surface area contributed by atoms with Crippen molar-refractivity contribution < 1.29 is 50.9 Å². The van der Waals surface area contributed by atoms with Crippen LogP contribution in [0.5, 0.6) is 0 Å². The Bertz CT molecular complexity index is 7280. The van der Waals surface area contributed by atoms with Gasteiger partial charge >= 0.3 is 6.18 Å². The highest BCUT2D eigenvalue weighted by Crippen LogP contribution is 2.45. The maximum Gasteiger partial charge on any atom is 0.389 e. The van der Waals surface area contributed by atoms with Crippen LogP contribution in [-0.4, -0.2) is 145 Å². The Kier molecular flexibility index (Phi) is 33.4. The minimum absolute atomic E-state index is 0.0140. The number of halogens is 7. The molecule has 41 heteroatoms. The first kappa shape index (κ1) is 107. The number of hydrogen-bond acceptors (Lipinski definition) is 22. The van der Waals surface area contributed by atoms with Crippen molar-refractivity contribution >= 4 is 184 Å². The summed E-state index contributed by atoms with van der Waals surface area (Å²) in [6.07, 6.45) is 19.9. The van der Waals surface area contributed by atoms with E-state index in [0.29, 0.717) is 148 Å². The van der Waals surface area contributed by atoms with Gasteiger partial charge in [0, 0.05) is 121 Å². The number of hydrogen-bond donors (Lipinski definition) is 6. The largest absolute Gasteiger partial charge is 0.389 e. The molecule has 0 bridgehead atoms. The van der Waals surface area contributed by atoms with Crippen LogP contribution >= 0.6 is 46.1 Å². The third-order valence-electron chi connectivity index (χ3n) is 27.0. The molecule has 6 aliphatic rings. The van der Waals surface area contributed by atoms with Gasteiger partial charge < -0.3 is 4.52 Å².